The molecule has 1 saturated heterocycles. The molecule has 0 aliphatic carbocycles. The zero-order valence-corrected chi connectivity index (χ0v) is 16.7. The Bertz CT molecular complexity index is 913. The van der Waals surface area contributed by atoms with Crippen molar-refractivity contribution in [2.75, 3.05) is 33.3 Å². The fourth-order valence-electron chi connectivity index (χ4n) is 2.76. The van der Waals surface area contributed by atoms with Crippen LogP contribution in [0, 0.1) is 0 Å². The Labute approximate surface area is 166 Å². The van der Waals surface area contributed by atoms with Crippen LogP contribution in [0.3, 0.4) is 0 Å². The first-order chi connectivity index (χ1) is 13.5. The molecule has 3 rings (SSSR count). The number of rotatable bonds is 6. The number of anilines is 1. The molecule has 8 heteroatoms. The average molecular weight is 401 g/mol. The number of imide groups is 1. The summed E-state index contributed by atoms with van der Waals surface area (Å²) < 4.78 is 21.1. The highest BCUT2D eigenvalue weighted by atomic mass is 32.2. The molecule has 0 N–H and O–H groups in total. The Kier molecular flexibility index (Phi) is 5.79. The van der Waals surface area contributed by atoms with E-state index in [0.717, 1.165) is 16.7 Å². The monoisotopic (exact) mass is 401 g/mol. The van der Waals surface area contributed by atoms with Gasteiger partial charge in [0.15, 0.2) is 11.5 Å². The molecule has 0 saturated carbocycles. The van der Waals surface area contributed by atoms with Crippen molar-refractivity contribution in [3.63, 3.8) is 0 Å². The smallest absolute Gasteiger partial charge is 0.298 e. The molecular formula is C20H19NO6S. The van der Waals surface area contributed by atoms with Gasteiger partial charge in [0.25, 0.3) is 11.1 Å². The lowest BCUT2D eigenvalue weighted by molar-refractivity contribution is -0.113. The van der Waals surface area contributed by atoms with Crippen molar-refractivity contribution in [1.29, 1.82) is 0 Å². The van der Waals surface area contributed by atoms with E-state index in [4.69, 9.17) is 18.9 Å². The number of methoxy groups -OCH3 is 4. The summed E-state index contributed by atoms with van der Waals surface area (Å²) in [5.74, 6) is 1.62. The van der Waals surface area contributed by atoms with E-state index in [2.05, 4.69) is 0 Å². The van der Waals surface area contributed by atoms with Crippen molar-refractivity contribution in [1.82, 2.24) is 0 Å². The van der Waals surface area contributed by atoms with Crippen LogP contribution < -0.4 is 23.8 Å². The van der Waals surface area contributed by atoms with E-state index in [1.807, 2.05) is 0 Å². The first-order valence-corrected chi connectivity index (χ1v) is 9.06. The third kappa shape index (κ3) is 3.63. The fraction of sp³-hybridized carbons (Fsp3) is 0.200. The van der Waals surface area contributed by atoms with E-state index in [1.54, 1.807) is 49.6 Å². The molecule has 7 nitrogen and oxygen atoms in total. The number of amides is 2. The maximum atomic E-state index is 12.8. The van der Waals surface area contributed by atoms with Gasteiger partial charge in [-0.2, -0.15) is 0 Å². The van der Waals surface area contributed by atoms with E-state index in [1.165, 1.54) is 21.3 Å². The third-order valence-electron chi connectivity index (χ3n) is 4.11. The second kappa shape index (κ2) is 8.26. The molecule has 2 aromatic carbocycles. The van der Waals surface area contributed by atoms with Gasteiger partial charge in [-0.3, -0.25) is 9.59 Å². The summed E-state index contributed by atoms with van der Waals surface area (Å²) in [6.45, 7) is 0. The minimum Gasteiger partial charge on any atom is -0.497 e. The van der Waals surface area contributed by atoms with Crippen LogP contribution in [0.5, 0.6) is 23.0 Å². The molecule has 0 bridgehead atoms. The lowest BCUT2D eigenvalue weighted by atomic mass is 10.1. The van der Waals surface area contributed by atoms with Gasteiger partial charge in [0.05, 0.1) is 39.0 Å². The summed E-state index contributed by atoms with van der Waals surface area (Å²) in [6, 6.07) is 10.1. The molecule has 0 atom stereocenters. The summed E-state index contributed by atoms with van der Waals surface area (Å²) in [4.78, 5) is 26.7. The minimum atomic E-state index is -0.395. The Hall–Kier alpha value is -3.13. The van der Waals surface area contributed by atoms with Crippen LogP contribution in [0.15, 0.2) is 41.3 Å². The van der Waals surface area contributed by atoms with E-state index >= 15 is 0 Å². The predicted molar refractivity (Wildman–Crippen MR) is 108 cm³/mol. The van der Waals surface area contributed by atoms with E-state index in [0.29, 0.717) is 39.2 Å². The zero-order chi connectivity index (χ0) is 20.3. The van der Waals surface area contributed by atoms with Crippen molar-refractivity contribution in [2.24, 2.45) is 0 Å². The number of hydrogen-bond donors (Lipinski definition) is 0. The lowest BCUT2D eigenvalue weighted by Gasteiger charge is -2.13. The van der Waals surface area contributed by atoms with Crippen LogP contribution in [0.2, 0.25) is 0 Å². The normalized spacial score (nSPS) is 15.1. The van der Waals surface area contributed by atoms with Gasteiger partial charge in [-0.25, -0.2) is 4.90 Å². The molecule has 1 heterocycles. The van der Waals surface area contributed by atoms with Crippen LogP contribution in [-0.2, 0) is 4.79 Å². The molecule has 2 amide bonds. The number of ether oxygens (including phenoxy) is 4. The quantitative estimate of drug-likeness (QED) is 0.678. The first-order valence-electron chi connectivity index (χ1n) is 8.24. The Morgan fingerprint density at radius 2 is 1.46 bits per heavy atom. The van der Waals surface area contributed by atoms with Crippen molar-refractivity contribution in [3.05, 3.63) is 46.9 Å². The second-order valence-corrected chi connectivity index (χ2v) is 6.67. The van der Waals surface area contributed by atoms with E-state index in [9.17, 15) is 9.59 Å². The molecule has 0 radical (unpaired) electrons. The van der Waals surface area contributed by atoms with Crippen molar-refractivity contribution >= 4 is 34.7 Å². The first kappa shape index (κ1) is 19.6. The Morgan fingerprint density at radius 1 is 0.857 bits per heavy atom. The van der Waals surface area contributed by atoms with E-state index in [-0.39, 0.29) is 5.24 Å². The molecule has 28 heavy (non-hydrogen) atoms. The van der Waals surface area contributed by atoms with Gasteiger partial charge >= 0.3 is 0 Å². The number of carbonyl (C=O) groups is 2. The lowest BCUT2D eigenvalue weighted by Crippen LogP contribution is -2.27. The number of nitrogens with zero attached hydrogens (tertiary/aromatic N) is 1. The van der Waals surface area contributed by atoms with Gasteiger partial charge in [-0.1, -0.05) is 0 Å². The van der Waals surface area contributed by atoms with Gasteiger partial charge in [-0.05, 0) is 59.8 Å². The van der Waals surface area contributed by atoms with Crippen LogP contribution in [-0.4, -0.2) is 39.6 Å². The van der Waals surface area contributed by atoms with Gasteiger partial charge in [0.1, 0.15) is 5.75 Å². The SMILES string of the molecule is COc1ccc(N2C(=O)S/C(=C\c3cc(OC)c(OC)c(OC)c3)C2=O)cc1. The molecule has 146 valence electrons. The van der Waals surface area contributed by atoms with Crippen molar-refractivity contribution in [3.8, 4) is 23.0 Å². The highest BCUT2D eigenvalue weighted by molar-refractivity contribution is 8.19. The average Bonchev–Trinajstić information content (AvgIpc) is 3.00. The third-order valence-corrected chi connectivity index (χ3v) is 4.98. The topological polar surface area (TPSA) is 74.3 Å². The summed E-state index contributed by atoms with van der Waals surface area (Å²) in [7, 11) is 6.09. The number of thioether (sulfide) groups is 1. The minimum absolute atomic E-state index is 0.301. The maximum absolute atomic E-state index is 12.8. The van der Waals surface area contributed by atoms with Crippen LogP contribution in [0.25, 0.3) is 6.08 Å². The Morgan fingerprint density at radius 3 is 1.96 bits per heavy atom. The van der Waals surface area contributed by atoms with Gasteiger partial charge < -0.3 is 18.9 Å². The maximum Gasteiger partial charge on any atom is 0.298 e. The van der Waals surface area contributed by atoms with Gasteiger partial charge in [0, 0.05) is 0 Å². The molecule has 1 aliphatic rings. The highest BCUT2D eigenvalue weighted by Gasteiger charge is 2.36. The van der Waals surface area contributed by atoms with Gasteiger partial charge in [-0.15, -0.1) is 0 Å². The van der Waals surface area contributed by atoms with E-state index < -0.39 is 5.91 Å². The van der Waals surface area contributed by atoms with Crippen LogP contribution in [0.1, 0.15) is 5.56 Å². The summed E-state index contributed by atoms with van der Waals surface area (Å²) in [6.07, 6.45) is 1.62. The summed E-state index contributed by atoms with van der Waals surface area (Å²) >= 11 is 0.873. The van der Waals surface area contributed by atoms with Crippen molar-refractivity contribution in [2.45, 2.75) is 0 Å². The fourth-order valence-corrected chi connectivity index (χ4v) is 3.60. The molecule has 0 spiro atoms. The molecule has 0 aromatic heterocycles. The van der Waals surface area contributed by atoms with Crippen LogP contribution in [0.4, 0.5) is 10.5 Å². The standard InChI is InChI=1S/C20H19NO6S/c1-24-14-7-5-13(6-8-14)21-19(22)17(28-20(21)23)11-12-9-15(25-2)18(27-4)16(10-12)26-3/h5-11H,1-4H3/b17-11-. The van der Waals surface area contributed by atoms with Gasteiger partial charge in [0.2, 0.25) is 5.75 Å². The zero-order valence-electron chi connectivity index (χ0n) is 15.8. The number of hydrogen-bond acceptors (Lipinski definition) is 7. The molecule has 1 fully saturated rings. The Balaban J connectivity index is 1.95. The molecule has 2 aromatic rings. The summed E-state index contributed by atoms with van der Waals surface area (Å²) in [5, 5.41) is -0.367. The molecule has 1 aliphatic heterocycles. The number of carbonyl (C=O) groups excluding carboxylic acids is 2. The molecular weight excluding hydrogens is 382 g/mol. The molecule has 0 unspecified atom stereocenters. The second-order valence-electron chi connectivity index (χ2n) is 5.67. The predicted octanol–water partition coefficient (Wildman–Crippen LogP) is 3.96. The summed E-state index contributed by atoms with van der Waals surface area (Å²) in [5.41, 5.74) is 1.13. The van der Waals surface area contributed by atoms with Crippen molar-refractivity contribution < 1.29 is 28.5 Å². The number of benzene rings is 2. The highest BCUT2D eigenvalue weighted by Crippen LogP contribution is 2.41. The largest absolute Gasteiger partial charge is 0.497 e. The van der Waals surface area contributed by atoms with Crippen LogP contribution >= 0.6 is 11.8 Å².